The predicted octanol–water partition coefficient (Wildman–Crippen LogP) is 4.03. The Hall–Kier alpha value is -4.27. The van der Waals surface area contributed by atoms with Crippen molar-refractivity contribution in [1.82, 2.24) is 5.16 Å². The van der Waals surface area contributed by atoms with Gasteiger partial charge in [0.1, 0.15) is 17.9 Å². The zero-order valence-electron chi connectivity index (χ0n) is 15.5. The van der Waals surface area contributed by atoms with Crippen molar-refractivity contribution in [2.24, 2.45) is 0 Å². The van der Waals surface area contributed by atoms with Crippen molar-refractivity contribution in [2.75, 3.05) is 11.9 Å². The van der Waals surface area contributed by atoms with Crippen LogP contribution in [0.15, 0.2) is 58.8 Å². The molecule has 30 heavy (non-hydrogen) atoms. The molecule has 0 unspecified atom stereocenters. The van der Waals surface area contributed by atoms with Crippen molar-refractivity contribution in [3.8, 4) is 29.0 Å². The number of carbonyl (C=O) groups is 1. The van der Waals surface area contributed by atoms with Crippen molar-refractivity contribution in [1.29, 1.82) is 10.5 Å². The molecule has 0 atom stereocenters. The quantitative estimate of drug-likeness (QED) is 0.369. The molecule has 0 bridgehead atoms. The molecule has 3 aromatic rings. The molecule has 0 aliphatic carbocycles. The number of anilines is 1. The number of hydrogen-bond donors (Lipinski definition) is 2. The Bertz CT molecular complexity index is 1240. The molecule has 0 saturated heterocycles. The molecule has 8 nitrogen and oxygen atoms in total. The van der Waals surface area contributed by atoms with E-state index < -0.39 is 23.0 Å². The third kappa shape index (κ3) is 3.68. The SMILES string of the molecule is CN(C(=O)/C(C#N)=C(\O)c1cc(Cl)c(O)c(C#N)c1)c1oncc1-c1ccccc1. The third-order valence-electron chi connectivity index (χ3n) is 4.27. The maximum Gasteiger partial charge on any atom is 0.274 e. The van der Waals surface area contributed by atoms with E-state index in [0.29, 0.717) is 5.56 Å². The van der Waals surface area contributed by atoms with E-state index in [4.69, 9.17) is 21.4 Å². The number of nitrogens with zero attached hydrogens (tertiary/aromatic N) is 4. The van der Waals surface area contributed by atoms with Gasteiger partial charge < -0.3 is 14.7 Å². The molecule has 0 saturated carbocycles. The number of aromatic nitrogens is 1. The van der Waals surface area contributed by atoms with Crippen molar-refractivity contribution in [2.45, 2.75) is 0 Å². The lowest BCUT2D eigenvalue weighted by Gasteiger charge is -2.15. The number of aliphatic hydroxyl groups excluding tert-OH is 1. The molecule has 1 amide bonds. The molecule has 2 aromatic carbocycles. The van der Waals surface area contributed by atoms with Crippen LogP contribution in [-0.2, 0) is 4.79 Å². The Kier molecular flexibility index (Phi) is 5.73. The van der Waals surface area contributed by atoms with Gasteiger partial charge in [0.15, 0.2) is 11.3 Å². The molecule has 9 heteroatoms. The highest BCUT2D eigenvalue weighted by atomic mass is 35.5. The molecule has 0 aliphatic heterocycles. The number of nitriles is 2. The van der Waals surface area contributed by atoms with E-state index in [1.54, 1.807) is 24.3 Å². The lowest BCUT2D eigenvalue weighted by molar-refractivity contribution is -0.114. The maximum atomic E-state index is 12.9. The molecule has 2 N–H and O–H groups in total. The van der Waals surface area contributed by atoms with Crippen molar-refractivity contribution < 1.29 is 19.5 Å². The first-order chi connectivity index (χ1) is 14.4. The third-order valence-corrected chi connectivity index (χ3v) is 4.55. The Balaban J connectivity index is 2.04. The fourth-order valence-electron chi connectivity index (χ4n) is 2.72. The lowest BCUT2D eigenvalue weighted by atomic mass is 10.0. The van der Waals surface area contributed by atoms with Crippen LogP contribution in [0.1, 0.15) is 11.1 Å². The number of amides is 1. The van der Waals surface area contributed by atoms with E-state index in [-0.39, 0.29) is 22.0 Å². The first-order valence-corrected chi connectivity index (χ1v) is 8.81. The van der Waals surface area contributed by atoms with Gasteiger partial charge in [-0.2, -0.15) is 10.5 Å². The number of phenolic OH excluding ortho intramolecular Hbond substituents is 1. The van der Waals surface area contributed by atoms with Crippen molar-refractivity contribution in [3.05, 3.63) is 70.4 Å². The van der Waals surface area contributed by atoms with E-state index in [9.17, 15) is 20.3 Å². The summed E-state index contributed by atoms with van der Waals surface area (Å²) in [6.07, 6.45) is 1.43. The minimum atomic E-state index is -0.869. The predicted molar refractivity (Wildman–Crippen MR) is 108 cm³/mol. The van der Waals surface area contributed by atoms with E-state index in [2.05, 4.69) is 5.16 Å². The van der Waals surface area contributed by atoms with Crippen LogP contribution in [0.4, 0.5) is 5.88 Å². The Morgan fingerprint density at radius 1 is 1.23 bits per heavy atom. The number of hydrogen-bond acceptors (Lipinski definition) is 7. The fourth-order valence-corrected chi connectivity index (χ4v) is 2.94. The van der Waals surface area contributed by atoms with Crippen LogP contribution in [0.25, 0.3) is 16.9 Å². The van der Waals surface area contributed by atoms with Crippen LogP contribution in [0.2, 0.25) is 5.02 Å². The van der Waals surface area contributed by atoms with Gasteiger partial charge in [-0.15, -0.1) is 0 Å². The van der Waals surface area contributed by atoms with Gasteiger partial charge in [-0.3, -0.25) is 9.69 Å². The second-order valence-electron chi connectivity index (χ2n) is 6.08. The van der Waals surface area contributed by atoms with Gasteiger partial charge in [-0.1, -0.05) is 47.1 Å². The molecule has 1 aromatic heterocycles. The first-order valence-electron chi connectivity index (χ1n) is 8.43. The van der Waals surface area contributed by atoms with E-state index >= 15 is 0 Å². The van der Waals surface area contributed by atoms with E-state index in [1.807, 2.05) is 18.2 Å². The van der Waals surface area contributed by atoms with Crippen molar-refractivity contribution in [3.63, 3.8) is 0 Å². The van der Waals surface area contributed by atoms with Crippen LogP contribution in [-0.4, -0.2) is 28.3 Å². The van der Waals surface area contributed by atoms with Gasteiger partial charge in [-0.25, -0.2) is 0 Å². The molecule has 0 spiro atoms. The number of benzene rings is 2. The molecule has 0 radical (unpaired) electrons. The highest BCUT2D eigenvalue weighted by Crippen LogP contribution is 2.33. The maximum absolute atomic E-state index is 12.9. The molecule has 0 aliphatic rings. The Morgan fingerprint density at radius 3 is 2.57 bits per heavy atom. The summed E-state index contributed by atoms with van der Waals surface area (Å²) < 4.78 is 5.20. The van der Waals surface area contributed by atoms with Crippen LogP contribution in [0, 0.1) is 22.7 Å². The smallest absolute Gasteiger partial charge is 0.274 e. The summed E-state index contributed by atoms with van der Waals surface area (Å²) in [5, 5.41) is 42.4. The average Bonchev–Trinajstić information content (AvgIpc) is 3.25. The largest absolute Gasteiger partial charge is 0.506 e. The minimum Gasteiger partial charge on any atom is -0.506 e. The standard InChI is InChI=1S/C21H13ClN4O4/c1-26(21-16(11-25-30-21)12-5-3-2-4-6-12)20(29)15(10-24)18(27)13-7-14(9-23)19(28)17(22)8-13/h2-8,11,27-28H,1H3/b18-15-. The second-order valence-corrected chi connectivity index (χ2v) is 6.48. The first kappa shape index (κ1) is 20.5. The molecular formula is C21H13ClN4O4. The number of phenols is 1. The van der Waals surface area contributed by atoms with Crippen LogP contribution >= 0.6 is 11.6 Å². The summed E-state index contributed by atoms with van der Waals surface area (Å²) in [4.78, 5) is 14.0. The summed E-state index contributed by atoms with van der Waals surface area (Å²) in [5.74, 6) is -1.96. The number of carbonyl (C=O) groups excluding carboxylic acids is 1. The summed E-state index contributed by atoms with van der Waals surface area (Å²) in [5.41, 5.74) is 0.350. The van der Waals surface area contributed by atoms with E-state index in [1.165, 1.54) is 13.2 Å². The topological polar surface area (TPSA) is 134 Å². The summed E-state index contributed by atoms with van der Waals surface area (Å²) >= 11 is 5.87. The molecule has 1 heterocycles. The minimum absolute atomic E-state index is 0.0755. The average molecular weight is 421 g/mol. The monoisotopic (exact) mass is 420 g/mol. The van der Waals surface area contributed by atoms with Crippen LogP contribution < -0.4 is 4.90 Å². The van der Waals surface area contributed by atoms with Gasteiger partial charge in [0.25, 0.3) is 5.91 Å². The van der Waals surface area contributed by atoms with Gasteiger partial charge in [-0.05, 0) is 17.7 Å². The lowest BCUT2D eigenvalue weighted by Crippen LogP contribution is -2.28. The van der Waals surface area contributed by atoms with Gasteiger partial charge >= 0.3 is 0 Å². The van der Waals surface area contributed by atoms with Gasteiger partial charge in [0.05, 0.1) is 22.3 Å². The summed E-state index contributed by atoms with van der Waals surface area (Å²) in [6.45, 7) is 0. The fraction of sp³-hybridized carbons (Fsp3) is 0.0476. The molecule has 0 fully saturated rings. The number of rotatable bonds is 4. The second kappa shape index (κ2) is 8.39. The zero-order valence-corrected chi connectivity index (χ0v) is 16.3. The highest BCUT2D eigenvalue weighted by Gasteiger charge is 2.26. The van der Waals surface area contributed by atoms with Crippen molar-refractivity contribution >= 4 is 29.2 Å². The van der Waals surface area contributed by atoms with Gasteiger partial charge in [0.2, 0.25) is 5.88 Å². The Labute approximate surface area is 176 Å². The zero-order chi connectivity index (χ0) is 21.8. The van der Waals surface area contributed by atoms with Crippen LogP contribution in [0.3, 0.4) is 0 Å². The number of aromatic hydroxyl groups is 1. The molecular weight excluding hydrogens is 408 g/mol. The summed E-state index contributed by atoms with van der Waals surface area (Å²) in [6, 6.07) is 14.7. The number of likely N-dealkylation sites (N-methyl/N-ethyl adjacent to an activating group) is 1. The summed E-state index contributed by atoms with van der Waals surface area (Å²) in [7, 11) is 1.37. The Morgan fingerprint density at radius 2 is 1.93 bits per heavy atom. The highest BCUT2D eigenvalue weighted by molar-refractivity contribution is 6.32. The van der Waals surface area contributed by atoms with Crippen LogP contribution in [0.5, 0.6) is 5.75 Å². The number of aliphatic hydroxyl groups is 1. The normalized spacial score (nSPS) is 11.2. The van der Waals surface area contributed by atoms with E-state index in [0.717, 1.165) is 22.6 Å². The van der Waals surface area contributed by atoms with Gasteiger partial charge in [0, 0.05) is 12.6 Å². The number of halogens is 1. The molecule has 148 valence electrons. The molecule has 3 rings (SSSR count).